The molecule has 1 aromatic carbocycles. The van der Waals surface area contributed by atoms with E-state index in [2.05, 4.69) is 4.98 Å². The molecule has 1 unspecified atom stereocenters. The molecule has 0 bridgehead atoms. The van der Waals surface area contributed by atoms with Gasteiger partial charge in [-0.1, -0.05) is 6.07 Å². The van der Waals surface area contributed by atoms with Crippen molar-refractivity contribution in [2.24, 2.45) is 0 Å². The first kappa shape index (κ1) is 18.3. The highest BCUT2D eigenvalue weighted by atomic mass is 16.5. The molecule has 7 nitrogen and oxygen atoms in total. The summed E-state index contributed by atoms with van der Waals surface area (Å²) in [7, 11) is 3.33. The van der Waals surface area contributed by atoms with Gasteiger partial charge >= 0.3 is 0 Å². The van der Waals surface area contributed by atoms with E-state index in [1.807, 2.05) is 25.1 Å². The molecule has 2 aromatic rings. The standard InChI is InChI=1S/C19H24N2O5/c1-13-6-7-16(17(9-13)23-3)25-12-18-20-15(11-26-18)19(22)21(2)10-14-5-4-8-24-14/h6-7,9,11,14H,4-5,8,10,12H2,1-3H3. The van der Waals surface area contributed by atoms with Crippen LogP contribution in [0.1, 0.15) is 34.8 Å². The normalized spacial score (nSPS) is 16.5. The lowest BCUT2D eigenvalue weighted by molar-refractivity contribution is 0.0582. The zero-order chi connectivity index (χ0) is 18.5. The zero-order valence-electron chi connectivity index (χ0n) is 15.4. The van der Waals surface area contributed by atoms with E-state index in [0.29, 0.717) is 23.9 Å². The van der Waals surface area contributed by atoms with E-state index >= 15 is 0 Å². The Morgan fingerprint density at radius 3 is 2.96 bits per heavy atom. The van der Waals surface area contributed by atoms with Crippen LogP contribution < -0.4 is 9.47 Å². The van der Waals surface area contributed by atoms with Crippen molar-refractivity contribution in [3.63, 3.8) is 0 Å². The summed E-state index contributed by atoms with van der Waals surface area (Å²) < 4.78 is 21.9. The van der Waals surface area contributed by atoms with Crippen LogP contribution in [0, 0.1) is 6.92 Å². The van der Waals surface area contributed by atoms with Crippen molar-refractivity contribution < 1.29 is 23.4 Å². The van der Waals surface area contributed by atoms with Crippen LogP contribution in [0.2, 0.25) is 0 Å². The van der Waals surface area contributed by atoms with Crippen LogP contribution in [0.15, 0.2) is 28.9 Å². The number of hydrogen-bond donors (Lipinski definition) is 0. The average Bonchev–Trinajstić information content (AvgIpc) is 3.31. The Bertz CT molecular complexity index is 752. The number of oxazole rings is 1. The summed E-state index contributed by atoms with van der Waals surface area (Å²) in [6.45, 7) is 3.41. The summed E-state index contributed by atoms with van der Waals surface area (Å²) in [6, 6.07) is 5.65. The number of methoxy groups -OCH3 is 1. The molecule has 1 aromatic heterocycles. The fourth-order valence-corrected chi connectivity index (χ4v) is 2.88. The van der Waals surface area contributed by atoms with Gasteiger partial charge in [0.1, 0.15) is 6.26 Å². The summed E-state index contributed by atoms with van der Waals surface area (Å²) in [5.41, 5.74) is 1.34. The molecule has 1 aliphatic rings. The minimum absolute atomic E-state index is 0.104. The maximum atomic E-state index is 12.4. The van der Waals surface area contributed by atoms with Crippen LogP contribution in [-0.4, -0.2) is 49.2 Å². The number of aryl methyl sites for hydroxylation is 1. The molecule has 1 aliphatic heterocycles. The van der Waals surface area contributed by atoms with E-state index in [0.717, 1.165) is 25.0 Å². The summed E-state index contributed by atoms with van der Waals surface area (Å²) in [5.74, 6) is 1.38. The van der Waals surface area contributed by atoms with Crippen molar-refractivity contribution in [1.82, 2.24) is 9.88 Å². The largest absolute Gasteiger partial charge is 0.493 e. The van der Waals surface area contributed by atoms with E-state index < -0.39 is 0 Å². The van der Waals surface area contributed by atoms with E-state index in [1.165, 1.54) is 6.26 Å². The van der Waals surface area contributed by atoms with Gasteiger partial charge < -0.3 is 23.5 Å². The Morgan fingerprint density at radius 2 is 2.23 bits per heavy atom. The van der Waals surface area contributed by atoms with Gasteiger partial charge in [0.15, 0.2) is 23.8 Å². The number of hydrogen-bond acceptors (Lipinski definition) is 6. The molecule has 26 heavy (non-hydrogen) atoms. The second kappa shape index (κ2) is 8.23. The van der Waals surface area contributed by atoms with E-state index in [9.17, 15) is 4.79 Å². The van der Waals surface area contributed by atoms with Crippen LogP contribution in [0.4, 0.5) is 0 Å². The molecule has 2 heterocycles. The van der Waals surface area contributed by atoms with Crippen LogP contribution in [0.5, 0.6) is 11.5 Å². The molecular weight excluding hydrogens is 336 g/mol. The van der Waals surface area contributed by atoms with Gasteiger partial charge in [0.2, 0.25) is 5.89 Å². The smallest absolute Gasteiger partial charge is 0.275 e. The van der Waals surface area contributed by atoms with Crippen LogP contribution in [-0.2, 0) is 11.3 Å². The molecule has 0 saturated carbocycles. The molecule has 1 fully saturated rings. The molecule has 1 atom stereocenters. The first-order valence-corrected chi connectivity index (χ1v) is 8.65. The van der Waals surface area contributed by atoms with Gasteiger partial charge in [-0.05, 0) is 37.5 Å². The topological polar surface area (TPSA) is 74.0 Å². The van der Waals surface area contributed by atoms with Gasteiger partial charge in [0, 0.05) is 20.2 Å². The fourth-order valence-electron chi connectivity index (χ4n) is 2.88. The van der Waals surface area contributed by atoms with Crippen molar-refractivity contribution in [1.29, 1.82) is 0 Å². The highest BCUT2D eigenvalue weighted by Gasteiger charge is 2.23. The van der Waals surface area contributed by atoms with Crippen molar-refractivity contribution in [2.45, 2.75) is 32.5 Å². The number of carbonyl (C=O) groups excluding carboxylic acids is 1. The van der Waals surface area contributed by atoms with Crippen molar-refractivity contribution in [3.05, 3.63) is 41.6 Å². The minimum Gasteiger partial charge on any atom is -0.493 e. The van der Waals surface area contributed by atoms with Gasteiger partial charge in [-0.2, -0.15) is 0 Å². The number of rotatable bonds is 7. The monoisotopic (exact) mass is 360 g/mol. The number of carbonyl (C=O) groups is 1. The Kier molecular flexibility index (Phi) is 5.78. The van der Waals surface area contributed by atoms with E-state index in [-0.39, 0.29) is 24.3 Å². The van der Waals surface area contributed by atoms with Gasteiger partial charge in [-0.15, -0.1) is 0 Å². The molecule has 0 spiro atoms. The summed E-state index contributed by atoms with van der Waals surface area (Å²) >= 11 is 0. The SMILES string of the molecule is COc1cc(C)ccc1OCc1nc(C(=O)N(C)CC2CCCO2)co1. The third-order valence-corrected chi connectivity index (χ3v) is 4.29. The Labute approximate surface area is 152 Å². The molecule has 140 valence electrons. The molecule has 1 amide bonds. The lowest BCUT2D eigenvalue weighted by Crippen LogP contribution is -2.34. The number of likely N-dealkylation sites (N-methyl/N-ethyl adjacent to an activating group) is 1. The highest BCUT2D eigenvalue weighted by Crippen LogP contribution is 2.28. The average molecular weight is 360 g/mol. The van der Waals surface area contributed by atoms with Crippen molar-refractivity contribution in [2.75, 3.05) is 27.3 Å². The quantitative estimate of drug-likeness (QED) is 0.756. The third kappa shape index (κ3) is 4.35. The first-order chi connectivity index (χ1) is 12.6. The van der Waals surface area contributed by atoms with E-state index in [1.54, 1.807) is 19.1 Å². The predicted molar refractivity (Wildman–Crippen MR) is 94.5 cm³/mol. The summed E-state index contributed by atoms with van der Waals surface area (Å²) in [4.78, 5) is 18.3. The molecule has 0 radical (unpaired) electrons. The van der Waals surface area contributed by atoms with Gasteiger partial charge in [-0.25, -0.2) is 4.98 Å². The molecule has 1 saturated heterocycles. The zero-order valence-corrected chi connectivity index (χ0v) is 15.4. The van der Waals surface area contributed by atoms with Gasteiger partial charge in [-0.3, -0.25) is 4.79 Å². The number of amides is 1. The maximum absolute atomic E-state index is 12.4. The lowest BCUT2D eigenvalue weighted by atomic mass is 10.2. The Balaban J connectivity index is 1.58. The Morgan fingerprint density at radius 1 is 1.38 bits per heavy atom. The molecule has 0 N–H and O–H groups in total. The summed E-state index contributed by atoms with van der Waals surface area (Å²) in [6.07, 6.45) is 3.49. The highest BCUT2D eigenvalue weighted by molar-refractivity contribution is 5.91. The van der Waals surface area contributed by atoms with Gasteiger partial charge in [0.05, 0.1) is 13.2 Å². The minimum atomic E-state index is -0.191. The second-order valence-electron chi connectivity index (χ2n) is 6.39. The fraction of sp³-hybridized carbons (Fsp3) is 0.474. The summed E-state index contributed by atoms with van der Waals surface area (Å²) in [5, 5.41) is 0. The number of nitrogens with zero attached hydrogens (tertiary/aromatic N) is 2. The predicted octanol–water partition coefficient (Wildman–Crippen LogP) is 2.82. The van der Waals surface area contributed by atoms with Crippen LogP contribution in [0.3, 0.4) is 0 Å². The molecule has 7 heteroatoms. The Hall–Kier alpha value is -2.54. The van der Waals surface area contributed by atoms with Crippen LogP contribution >= 0.6 is 0 Å². The lowest BCUT2D eigenvalue weighted by Gasteiger charge is -2.19. The maximum Gasteiger partial charge on any atom is 0.275 e. The first-order valence-electron chi connectivity index (χ1n) is 8.65. The number of benzene rings is 1. The number of ether oxygens (including phenoxy) is 3. The van der Waals surface area contributed by atoms with Crippen molar-refractivity contribution in [3.8, 4) is 11.5 Å². The van der Waals surface area contributed by atoms with Crippen LogP contribution in [0.25, 0.3) is 0 Å². The second-order valence-corrected chi connectivity index (χ2v) is 6.39. The molecule has 0 aliphatic carbocycles. The van der Waals surface area contributed by atoms with Gasteiger partial charge in [0.25, 0.3) is 5.91 Å². The van der Waals surface area contributed by atoms with E-state index in [4.69, 9.17) is 18.6 Å². The number of aromatic nitrogens is 1. The van der Waals surface area contributed by atoms with Crippen molar-refractivity contribution >= 4 is 5.91 Å². The molecular formula is C19H24N2O5. The third-order valence-electron chi connectivity index (χ3n) is 4.29. The molecule has 3 rings (SSSR count).